The summed E-state index contributed by atoms with van der Waals surface area (Å²) in [6.45, 7) is 4.00. The first-order valence-electron chi connectivity index (χ1n) is 14.5. The fraction of sp³-hybridized carbons (Fsp3) is 0.0526. The molecule has 0 unspecified atom stereocenters. The van der Waals surface area contributed by atoms with E-state index < -0.39 is 0 Å². The molecule has 41 heavy (non-hydrogen) atoms. The van der Waals surface area contributed by atoms with E-state index in [1.807, 2.05) is 13.8 Å². The van der Waals surface area contributed by atoms with Gasteiger partial charge in [0.15, 0.2) is 0 Å². The van der Waals surface area contributed by atoms with E-state index in [0.717, 1.165) is 11.0 Å². The predicted molar refractivity (Wildman–Crippen MR) is 178 cm³/mol. The van der Waals surface area contributed by atoms with E-state index in [4.69, 9.17) is 0 Å². The summed E-state index contributed by atoms with van der Waals surface area (Å²) in [4.78, 5) is 11.5. The Morgan fingerprint density at radius 2 is 0.805 bits per heavy atom. The molecule has 10 aromatic rings. The van der Waals surface area contributed by atoms with Gasteiger partial charge in [0.05, 0.1) is 22.1 Å². The fourth-order valence-corrected chi connectivity index (χ4v) is 7.20. The van der Waals surface area contributed by atoms with Gasteiger partial charge in [-0.2, -0.15) is 0 Å². The summed E-state index contributed by atoms with van der Waals surface area (Å²) in [5.74, 6) is 0. The molecule has 0 spiro atoms. The maximum atomic E-state index is 3.94. The largest absolute Gasteiger partial charge is 0.354 e. The Morgan fingerprint density at radius 3 is 1.56 bits per heavy atom. The highest BCUT2D eigenvalue weighted by atomic mass is 14.8. The third-order valence-electron chi connectivity index (χ3n) is 8.85. The summed E-state index contributed by atoms with van der Waals surface area (Å²) in [6.07, 6.45) is 0. The molecule has 0 aliphatic rings. The quantitative estimate of drug-likeness (QED) is 0.165. The first-order valence-corrected chi connectivity index (χ1v) is 14.5. The summed E-state index contributed by atoms with van der Waals surface area (Å²) >= 11 is 0. The second-order valence-electron chi connectivity index (χ2n) is 10.7. The average molecular weight is 526 g/mol. The predicted octanol–water partition coefficient (Wildman–Crippen LogP) is 11.1. The number of H-pyrrole nitrogens is 3. The monoisotopic (exact) mass is 525 g/mol. The van der Waals surface area contributed by atoms with Gasteiger partial charge in [-0.1, -0.05) is 111 Å². The van der Waals surface area contributed by atoms with E-state index in [-0.39, 0.29) is 0 Å². The molecule has 3 nitrogen and oxygen atoms in total. The highest BCUT2D eigenvalue weighted by Crippen LogP contribution is 2.44. The van der Waals surface area contributed by atoms with E-state index in [1.54, 1.807) is 0 Å². The summed E-state index contributed by atoms with van der Waals surface area (Å²) in [5.41, 5.74) is 7.10. The van der Waals surface area contributed by atoms with Crippen molar-refractivity contribution in [2.45, 2.75) is 13.8 Å². The first-order chi connectivity index (χ1) is 20.3. The molecule has 0 saturated carbocycles. The van der Waals surface area contributed by atoms with Crippen molar-refractivity contribution in [3.63, 3.8) is 0 Å². The van der Waals surface area contributed by atoms with Crippen molar-refractivity contribution in [1.82, 2.24) is 15.0 Å². The van der Waals surface area contributed by atoms with E-state index >= 15 is 0 Å². The Labute approximate surface area is 235 Å². The van der Waals surface area contributed by atoms with Crippen LogP contribution in [0.25, 0.3) is 97.7 Å². The van der Waals surface area contributed by atoms with Gasteiger partial charge in [-0.25, -0.2) is 0 Å². The molecule has 0 aliphatic heterocycles. The molecule has 194 valence electrons. The minimum atomic E-state index is 1.16. The molecular weight excluding hydrogens is 498 g/mol. The van der Waals surface area contributed by atoms with Crippen molar-refractivity contribution < 1.29 is 0 Å². The zero-order valence-corrected chi connectivity index (χ0v) is 22.9. The van der Waals surface area contributed by atoms with Crippen LogP contribution in [0.1, 0.15) is 13.8 Å². The Balaban J connectivity index is 0.00000118. The molecule has 0 bridgehead atoms. The Kier molecular flexibility index (Phi) is 4.46. The van der Waals surface area contributed by atoms with Crippen LogP contribution in [-0.2, 0) is 0 Å². The number of rotatable bonds is 0. The Hall–Kier alpha value is -5.28. The molecule has 0 aliphatic carbocycles. The van der Waals surface area contributed by atoms with Crippen molar-refractivity contribution in [3.8, 4) is 0 Å². The molecule has 3 heterocycles. The van der Waals surface area contributed by atoms with Crippen LogP contribution in [0.5, 0.6) is 0 Å². The van der Waals surface area contributed by atoms with Crippen LogP contribution in [0.3, 0.4) is 0 Å². The first kappa shape index (κ1) is 22.5. The molecule has 0 saturated heterocycles. The Morgan fingerprint density at radius 1 is 0.317 bits per heavy atom. The van der Waals surface area contributed by atoms with Crippen molar-refractivity contribution in [2.75, 3.05) is 0 Å². The van der Waals surface area contributed by atoms with E-state index in [1.165, 1.54) is 86.7 Å². The van der Waals surface area contributed by atoms with E-state index in [0.29, 0.717) is 0 Å². The highest BCUT2D eigenvalue weighted by molar-refractivity contribution is 6.37. The van der Waals surface area contributed by atoms with Gasteiger partial charge in [-0.15, -0.1) is 0 Å². The SMILES string of the molecule is CC.c1ccc2c(c1)ccc1c2[nH]c2ccc3c4ccc5[nH]c6c7ccccc7c7ccccc7c6c5c4[nH]c3c21. The second kappa shape index (κ2) is 8.12. The third kappa shape index (κ3) is 2.82. The Bertz CT molecular complexity index is 2660. The standard InChI is InChI=1S/C36H21N3.C2H6/c1-2-8-20-19(7-1)13-14-27-30-28(37-33(20)27)17-15-25-26-16-18-29-32(36(26)39-34(25)30)31-23-11-5-3-9-21(23)22-10-4-6-12-24(22)35(31)38-29;1-2/h1-18,37-39H;1-2H3. The molecule has 0 atom stereocenters. The minimum Gasteiger partial charge on any atom is -0.354 e. The van der Waals surface area contributed by atoms with Crippen molar-refractivity contribution in [3.05, 3.63) is 109 Å². The van der Waals surface area contributed by atoms with Crippen molar-refractivity contribution >= 4 is 97.7 Å². The van der Waals surface area contributed by atoms with Crippen LogP contribution in [0.2, 0.25) is 0 Å². The van der Waals surface area contributed by atoms with E-state index in [2.05, 4.69) is 124 Å². The lowest BCUT2D eigenvalue weighted by Gasteiger charge is -2.07. The number of aromatic nitrogens is 3. The lowest BCUT2D eigenvalue weighted by atomic mass is 9.96. The molecule has 3 heteroatoms. The van der Waals surface area contributed by atoms with Crippen LogP contribution in [0.4, 0.5) is 0 Å². The fourth-order valence-electron chi connectivity index (χ4n) is 7.20. The maximum absolute atomic E-state index is 3.94. The number of hydrogen-bond donors (Lipinski definition) is 3. The van der Waals surface area contributed by atoms with Gasteiger partial charge in [0.1, 0.15) is 0 Å². The zero-order valence-electron chi connectivity index (χ0n) is 22.9. The molecule has 0 radical (unpaired) electrons. The molecule has 0 fully saturated rings. The topological polar surface area (TPSA) is 47.4 Å². The number of nitrogens with one attached hydrogen (secondary N) is 3. The minimum absolute atomic E-state index is 1.16. The number of benzene rings is 7. The lowest BCUT2D eigenvalue weighted by Crippen LogP contribution is -1.81. The van der Waals surface area contributed by atoms with Gasteiger partial charge >= 0.3 is 0 Å². The molecule has 7 aromatic carbocycles. The lowest BCUT2D eigenvalue weighted by molar-refractivity contribution is 1.50. The third-order valence-corrected chi connectivity index (χ3v) is 8.85. The number of aromatic amines is 3. The number of fused-ring (bicyclic) bond motifs is 18. The molecule has 0 amide bonds. The molecule has 10 rings (SSSR count). The van der Waals surface area contributed by atoms with E-state index in [9.17, 15) is 0 Å². The maximum Gasteiger partial charge on any atom is 0.0566 e. The normalized spacial score (nSPS) is 12.1. The van der Waals surface area contributed by atoms with Gasteiger partial charge in [-0.05, 0) is 33.7 Å². The number of hydrogen-bond acceptors (Lipinski definition) is 0. The van der Waals surface area contributed by atoms with Gasteiger partial charge < -0.3 is 15.0 Å². The van der Waals surface area contributed by atoms with Crippen molar-refractivity contribution in [2.24, 2.45) is 0 Å². The van der Waals surface area contributed by atoms with Gasteiger partial charge in [0, 0.05) is 54.1 Å². The summed E-state index contributed by atoms with van der Waals surface area (Å²) < 4.78 is 0. The smallest absolute Gasteiger partial charge is 0.0566 e. The highest BCUT2D eigenvalue weighted by Gasteiger charge is 2.19. The van der Waals surface area contributed by atoms with Gasteiger partial charge in [0.25, 0.3) is 0 Å². The molecule has 3 N–H and O–H groups in total. The van der Waals surface area contributed by atoms with Crippen LogP contribution in [0, 0.1) is 0 Å². The van der Waals surface area contributed by atoms with Gasteiger partial charge in [0.2, 0.25) is 0 Å². The summed E-state index contributed by atoms with van der Waals surface area (Å²) in [6, 6.07) is 39.7. The second-order valence-corrected chi connectivity index (χ2v) is 10.7. The zero-order chi connectivity index (χ0) is 27.2. The molecular formula is C38H27N3. The van der Waals surface area contributed by atoms with Gasteiger partial charge in [-0.3, -0.25) is 0 Å². The van der Waals surface area contributed by atoms with Crippen molar-refractivity contribution in [1.29, 1.82) is 0 Å². The van der Waals surface area contributed by atoms with Crippen LogP contribution >= 0.6 is 0 Å². The van der Waals surface area contributed by atoms with Crippen LogP contribution in [-0.4, -0.2) is 15.0 Å². The summed E-state index contributed by atoms with van der Waals surface area (Å²) in [7, 11) is 0. The average Bonchev–Trinajstić information content (AvgIpc) is 3.73. The molecule has 3 aromatic heterocycles. The summed E-state index contributed by atoms with van der Waals surface area (Å²) in [5, 5.41) is 15.2. The van der Waals surface area contributed by atoms with Crippen LogP contribution in [0.15, 0.2) is 109 Å². The van der Waals surface area contributed by atoms with Crippen LogP contribution < -0.4 is 0 Å².